The monoisotopic (exact) mass is 645 g/mol. The molecule has 0 unspecified atom stereocenters. The second-order valence-electron chi connectivity index (χ2n) is 11.3. The van der Waals surface area contributed by atoms with Gasteiger partial charge in [0.1, 0.15) is 29.3 Å². The van der Waals surface area contributed by atoms with Gasteiger partial charge in [-0.05, 0) is 74.4 Å². The first kappa shape index (κ1) is 32.0. The van der Waals surface area contributed by atoms with Gasteiger partial charge in [0.2, 0.25) is 11.5 Å². The Morgan fingerprint density at radius 1 is 1.11 bits per heavy atom. The van der Waals surface area contributed by atoms with Gasteiger partial charge in [-0.1, -0.05) is 0 Å². The Hall–Kier alpha value is -4.43. The first-order chi connectivity index (χ1) is 20.8. The van der Waals surface area contributed by atoms with Crippen LogP contribution in [0, 0.1) is 12.7 Å². The molecule has 2 aromatic carbocycles. The normalized spacial score (nSPS) is 17.9. The maximum absolute atomic E-state index is 14.7. The summed E-state index contributed by atoms with van der Waals surface area (Å²) in [5.74, 6) is -2.47. The smallest absolute Gasteiger partial charge is 0.422 e. The molecule has 3 heterocycles. The average Bonchev–Trinajstić information content (AvgIpc) is 3.31. The highest BCUT2D eigenvalue weighted by Crippen LogP contribution is 2.49. The fraction of sp³-hybridized carbons (Fsp3) is 0.290. The van der Waals surface area contributed by atoms with Crippen LogP contribution in [0.3, 0.4) is 0 Å². The van der Waals surface area contributed by atoms with Crippen LogP contribution in [0.2, 0.25) is 0 Å². The number of hydrogen-bond donors (Lipinski definition) is 2. The van der Waals surface area contributed by atoms with Crippen LogP contribution >= 0.6 is 0 Å². The Bertz CT molecular complexity index is 1980. The third-order valence-electron chi connectivity index (χ3n) is 7.95. The van der Waals surface area contributed by atoms with Crippen LogP contribution in [0.1, 0.15) is 46.9 Å². The molecule has 5 rings (SSSR count). The van der Waals surface area contributed by atoms with E-state index < -0.39 is 63.1 Å². The molecule has 236 valence electrons. The van der Waals surface area contributed by atoms with E-state index in [4.69, 9.17) is 10.5 Å². The first-order valence-electron chi connectivity index (χ1n) is 13.5. The largest absolute Gasteiger partial charge is 0.489 e. The number of nitrogens with two attached hydrogens (primary N) is 1. The van der Waals surface area contributed by atoms with Crippen molar-refractivity contribution in [2.24, 2.45) is 5.73 Å². The lowest BCUT2D eigenvalue weighted by molar-refractivity contribution is -0.270. The van der Waals surface area contributed by atoms with Gasteiger partial charge in [0, 0.05) is 41.0 Å². The zero-order chi connectivity index (χ0) is 33.1. The zero-order valence-corrected chi connectivity index (χ0v) is 25.0. The molecular weight excluding hydrogens is 618 g/mol. The quantitative estimate of drug-likeness (QED) is 0.207. The summed E-state index contributed by atoms with van der Waals surface area (Å²) >= 11 is 0. The number of aryl methyl sites for hydroxylation is 1. The number of benzene rings is 2. The average molecular weight is 646 g/mol. The molecule has 2 aromatic heterocycles. The number of hydrogen-bond acceptors (Lipinski definition) is 8. The summed E-state index contributed by atoms with van der Waals surface area (Å²) in [6.07, 6.45) is -5.10. The minimum Gasteiger partial charge on any atom is -0.489 e. The van der Waals surface area contributed by atoms with Gasteiger partial charge in [0.05, 0.1) is 16.1 Å². The Kier molecular flexibility index (Phi) is 7.73. The van der Waals surface area contributed by atoms with E-state index >= 15 is 0 Å². The molecule has 9 nitrogen and oxygen atoms in total. The third kappa shape index (κ3) is 5.63. The van der Waals surface area contributed by atoms with E-state index in [2.05, 4.69) is 9.97 Å². The van der Waals surface area contributed by atoms with Crippen LogP contribution in [-0.2, 0) is 25.6 Å². The molecule has 4 aromatic rings. The molecule has 0 spiro atoms. The molecule has 3 N–H and O–H groups in total. The zero-order valence-electron chi connectivity index (χ0n) is 24.2. The van der Waals surface area contributed by atoms with E-state index in [1.165, 1.54) is 31.3 Å². The number of halogens is 4. The van der Waals surface area contributed by atoms with Crippen molar-refractivity contribution in [3.05, 3.63) is 82.9 Å². The number of aromatic nitrogens is 2. The van der Waals surface area contributed by atoms with Gasteiger partial charge >= 0.3 is 6.18 Å². The molecule has 1 aliphatic rings. The van der Waals surface area contributed by atoms with Crippen molar-refractivity contribution in [3.63, 3.8) is 0 Å². The van der Waals surface area contributed by atoms with Crippen molar-refractivity contribution in [2.45, 2.75) is 48.8 Å². The fourth-order valence-corrected chi connectivity index (χ4v) is 6.09. The van der Waals surface area contributed by atoms with Crippen LogP contribution in [-0.4, -0.2) is 54.2 Å². The molecule has 0 radical (unpaired) electrons. The Morgan fingerprint density at radius 2 is 1.78 bits per heavy atom. The summed E-state index contributed by atoms with van der Waals surface area (Å²) in [5, 5.41) is 11.6. The molecule has 0 bridgehead atoms. The van der Waals surface area contributed by atoms with Crippen molar-refractivity contribution < 1.29 is 45.4 Å². The fourth-order valence-electron chi connectivity index (χ4n) is 5.23. The van der Waals surface area contributed by atoms with E-state index in [1.807, 2.05) is 0 Å². The van der Waals surface area contributed by atoms with Crippen LogP contribution in [0.15, 0.2) is 59.6 Å². The number of fused-ring (bicyclic) bond motifs is 2. The molecule has 2 atom stereocenters. The maximum atomic E-state index is 14.7. The Morgan fingerprint density at radius 3 is 2.38 bits per heavy atom. The standard InChI is InChI=1S/C31H27F4N3O6S/c1-16-10-19-11-18(12-23(45(3,42)43)25(19)37-14-16)22(39)8-9-30(41,31(33,34)35)24-13-21-27(44-15-29(21,2)28(36)40)26(38-24)17-4-6-20(32)7-5-17/h4-7,10-14,41H,8-9,15H2,1-3H3,(H2,36,40)/t29-,30-/m0/s1. The third-order valence-corrected chi connectivity index (χ3v) is 9.06. The number of nitrogens with zero attached hydrogens (tertiary/aromatic N) is 2. The van der Waals surface area contributed by atoms with Crippen LogP contribution in [0.5, 0.6) is 5.75 Å². The Balaban J connectivity index is 1.61. The number of aliphatic hydroxyl groups is 1. The summed E-state index contributed by atoms with van der Waals surface area (Å²) < 4.78 is 88.5. The minimum absolute atomic E-state index is 0.0550. The summed E-state index contributed by atoms with van der Waals surface area (Å²) in [6, 6.07) is 9.44. The van der Waals surface area contributed by atoms with Crippen molar-refractivity contribution in [1.82, 2.24) is 9.97 Å². The molecule has 0 saturated carbocycles. The minimum atomic E-state index is -5.38. The van der Waals surface area contributed by atoms with Crippen molar-refractivity contribution in [3.8, 4) is 17.0 Å². The molecule has 14 heteroatoms. The lowest BCUT2D eigenvalue weighted by atomic mass is 9.81. The first-order valence-corrected chi connectivity index (χ1v) is 15.4. The molecule has 45 heavy (non-hydrogen) atoms. The Labute approximate surface area is 255 Å². The van der Waals surface area contributed by atoms with Crippen molar-refractivity contribution >= 4 is 32.4 Å². The second-order valence-corrected chi connectivity index (χ2v) is 13.3. The van der Waals surface area contributed by atoms with Crippen molar-refractivity contribution in [1.29, 1.82) is 0 Å². The summed E-state index contributed by atoms with van der Waals surface area (Å²) in [6.45, 7) is 2.74. The van der Waals surface area contributed by atoms with Gasteiger partial charge in [-0.25, -0.2) is 17.8 Å². The number of alkyl halides is 3. The van der Waals surface area contributed by atoms with E-state index in [0.29, 0.717) is 10.9 Å². The number of sulfone groups is 1. The highest BCUT2D eigenvalue weighted by Gasteiger charge is 2.57. The van der Waals surface area contributed by atoms with Gasteiger partial charge in [-0.15, -0.1) is 0 Å². The SMILES string of the molecule is Cc1cnc2c(S(C)(=O)=O)cc(C(=O)CC[C@](O)(c3cc4c(c(-c5ccc(F)cc5)n3)OC[C@]4(C)C(N)=O)C(F)(F)F)cc2c1. The van der Waals surface area contributed by atoms with E-state index in [9.17, 15) is 40.7 Å². The summed E-state index contributed by atoms with van der Waals surface area (Å²) in [4.78, 5) is 33.7. The number of primary amides is 1. The number of pyridine rings is 2. The van der Waals surface area contributed by atoms with Gasteiger partial charge in [0.15, 0.2) is 15.6 Å². The highest BCUT2D eigenvalue weighted by atomic mass is 32.2. The molecule has 1 aliphatic heterocycles. The lowest BCUT2D eigenvalue weighted by Crippen LogP contribution is -2.44. The van der Waals surface area contributed by atoms with Crippen LogP contribution < -0.4 is 10.5 Å². The molecule has 1 amide bonds. The molecule has 0 saturated heterocycles. The number of ketones is 1. The molecule has 0 fully saturated rings. The highest BCUT2D eigenvalue weighted by molar-refractivity contribution is 7.91. The number of rotatable bonds is 8. The predicted molar refractivity (Wildman–Crippen MR) is 155 cm³/mol. The number of ether oxygens (including phenoxy) is 1. The number of carbonyl (C=O) groups excluding carboxylic acids is 2. The van der Waals surface area contributed by atoms with Crippen LogP contribution in [0.25, 0.3) is 22.2 Å². The van der Waals surface area contributed by atoms with Gasteiger partial charge < -0.3 is 15.6 Å². The lowest BCUT2D eigenvalue weighted by Gasteiger charge is -2.31. The van der Waals surface area contributed by atoms with E-state index in [0.717, 1.165) is 30.5 Å². The van der Waals surface area contributed by atoms with E-state index in [1.54, 1.807) is 13.0 Å². The summed E-state index contributed by atoms with van der Waals surface area (Å²) in [5.41, 5.74) is -0.223. The number of amides is 1. The van der Waals surface area contributed by atoms with Crippen molar-refractivity contribution in [2.75, 3.05) is 12.9 Å². The maximum Gasteiger partial charge on any atom is 0.422 e. The van der Waals surface area contributed by atoms with Gasteiger partial charge in [-0.2, -0.15) is 13.2 Å². The van der Waals surface area contributed by atoms with E-state index in [-0.39, 0.29) is 45.2 Å². The predicted octanol–water partition coefficient (Wildman–Crippen LogP) is 4.70. The van der Waals surface area contributed by atoms with Crippen LogP contribution in [0.4, 0.5) is 17.6 Å². The topological polar surface area (TPSA) is 150 Å². The molecule has 0 aliphatic carbocycles. The second kappa shape index (κ2) is 10.9. The van der Waals surface area contributed by atoms with Gasteiger partial charge in [-0.3, -0.25) is 14.6 Å². The molecular formula is C31H27F4N3O6S. The summed E-state index contributed by atoms with van der Waals surface area (Å²) in [7, 11) is -3.89. The number of Topliss-reactive ketones (excluding diaryl/α,β-unsaturated/α-hetero) is 1. The number of carbonyl (C=O) groups is 2. The van der Waals surface area contributed by atoms with Gasteiger partial charge in [0.25, 0.3) is 0 Å².